The molecule has 1 unspecified atom stereocenters. The Labute approximate surface area is 143 Å². The molecule has 1 amide bonds. The standard InChI is InChI=1S/C19H24N2OS/c1-16(23-15-17-9-5-3-6-10-17)19(22)20-13-14-21(2)18-11-7-4-8-12-18/h3-12,16H,13-15H2,1-2H3,(H,20,22). The van der Waals surface area contributed by atoms with Gasteiger partial charge in [0.2, 0.25) is 5.91 Å². The zero-order chi connectivity index (χ0) is 16.5. The highest BCUT2D eigenvalue weighted by Crippen LogP contribution is 2.17. The van der Waals surface area contributed by atoms with Gasteiger partial charge in [0.05, 0.1) is 5.25 Å². The van der Waals surface area contributed by atoms with Crippen molar-refractivity contribution in [1.29, 1.82) is 0 Å². The van der Waals surface area contributed by atoms with E-state index < -0.39 is 0 Å². The largest absolute Gasteiger partial charge is 0.373 e. The molecule has 0 saturated heterocycles. The Bertz CT molecular complexity index is 589. The van der Waals surface area contributed by atoms with Gasteiger partial charge in [-0.3, -0.25) is 4.79 Å². The van der Waals surface area contributed by atoms with Gasteiger partial charge in [-0.25, -0.2) is 0 Å². The van der Waals surface area contributed by atoms with Crippen LogP contribution < -0.4 is 10.2 Å². The van der Waals surface area contributed by atoms with Crippen LogP contribution in [0.5, 0.6) is 0 Å². The van der Waals surface area contributed by atoms with Gasteiger partial charge >= 0.3 is 0 Å². The van der Waals surface area contributed by atoms with E-state index in [4.69, 9.17) is 0 Å². The van der Waals surface area contributed by atoms with E-state index in [1.165, 1.54) is 5.56 Å². The van der Waals surface area contributed by atoms with Gasteiger partial charge in [0, 0.05) is 31.6 Å². The second kappa shape index (κ2) is 9.26. The van der Waals surface area contributed by atoms with Crippen molar-refractivity contribution in [2.24, 2.45) is 0 Å². The fraction of sp³-hybridized carbons (Fsp3) is 0.316. The van der Waals surface area contributed by atoms with Gasteiger partial charge in [0.1, 0.15) is 0 Å². The van der Waals surface area contributed by atoms with E-state index in [1.54, 1.807) is 11.8 Å². The predicted octanol–water partition coefficient (Wildman–Crippen LogP) is 3.56. The number of likely N-dealkylation sites (N-methyl/N-ethyl adjacent to an activating group) is 1. The summed E-state index contributed by atoms with van der Waals surface area (Å²) < 4.78 is 0. The van der Waals surface area contributed by atoms with E-state index in [9.17, 15) is 4.79 Å². The number of anilines is 1. The van der Waals surface area contributed by atoms with E-state index in [2.05, 4.69) is 34.5 Å². The average Bonchev–Trinajstić information content (AvgIpc) is 2.61. The van der Waals surface area contributed by atoms with Gasteiger partial charge < -0.3 is 10.2 Å². The van der Waals surface area contributed by atoms with Crippen LogP contribution >= 0.6 is 11.8 Å². The number of nitrogens with one attached hydrogen (secondary N) is 1. The maximum Gasteiger partial charge on any atom is 0.232 e. The molecule has 1 N–H and O–H groups in total. The molecule has 0 saturated carbocycles. The summed E-state index contributed by atoms with van der Waals surface area (Å²) in [6, 6.07) is 20.4. The van der Waals surface area contributed by atoms with E-state index in [0.717, 1.165) is 18.0 Å². The molecular formula is C19H24N2OS. The van der Waals surface area contributed by atoms with Crippen molar-refractivity contribution in [2.75, 3.05) is 25.0 Å². The lowest BCUT2D eigenvalue weighted by molar-refractivity contribution is -0.120. The van der Waals surface area contributed by atoms with E-state index >= 15 is 0 Å². The molecule has 0 aromatic heterocycles. The molecule has 0 aliphatic rings. The Kier molecular flexibility index (Phi) is 7.01. The first-order chi connectivity index (χ1) is 11.2. The Hall–Kier alpha value is -1.94. The third kappa shape index (κ3) is 5.99. The zero-order valence-corrected chi connectivity index (χ0v) is 14.6. The fourth-order valence-corrected chi connectivity index (χ4v) is 3.04. The van der Waals surface area contributed by atoms with Crippen LogP contribution in [0.15, 0.2) is 60.7 Å². The minimum absolute atomic E-state index is 0.0442. The van der Waals surface area contributed by atoms with Crippen molar-refractivity contribution in [3.05, 3.63) is 66.2 Å². The number of carbonyl (C=O) groups is 1. The van der Waals surface area contributed by atoms with Gasteiger partial charge in [-0.1, -0.05) is 48.5 Å². The molecule has 3 nitrogen and oxygen atoms in total. The molecule has 1 atom stereocenters. The molecule has 4 heteroatoms. The lowest BCUT2D eigenvalue weighted by atomic mass is 10.2. The molecule has 0 aliphatic carbocycles. The molecule has 0 fully saturated rings. The SMILES string of the molecule is CC(SCc1ccccc1)C(=O)NCCN(C)c1ccccc1. The number of thioether (sulfide) groups is 1. The highest BCUT2D eigenvalue weighted by atomic mass is 32.2. The number of hydrogen-bond acceptors (Lipinski definition) is 3. The zero-order valence-electron chi connectivity index (χ0n) is 13.7. The third-order valence-electron chi connectivity index (χ3n) is 3.66. The minimum atomic E-state index is -0.0442. The van der Waals surface area contributed by atoms with Crippen molar-refractivity contribution in [3.8, 4) is 0 Å². The van der Waals surface area contributed by atoms with Gasteiger partial charge in [-0.15, -0.1) is 11.8 Å². The molecule has 0 aliphatic heterocycles. The second-order valence-electron chi connectivity index (χ2n) is 5.49. The maximum atomic E-state index is 12.1. The monoisotopic (exact) mass is 328 g/mol. The van der Waals surface area contributed by atoms with Crippen LogP contribution in [0.3, 0.4) is 0 Å². The van der Waals surface area contributed by atoms with Gasteiger partial charge in [-0.2, -0.15) is 0 Å². The predicted molar refractivity (Wildman–Crippen MR) is 99.9 cm³/mol. The van der Waals surface area contributed by atoms with Crippen LogP contribution in [0.25, 0.3) is 0 Å². The van der Waals surface area contributed by atoms with Crippen molar-refractivity contribution in [2.45, 2.75) is 17.9 Å². The number of rotatable bonds is 8. The van der Waals surface area contributed by atoms with Gasteiger partial charge in [0.25, 0.3) is 0 Å². The summed E-state index contributed by atoms with van der Waals surface area (Å²) in [6.45, 7) is 3.41. The highest BCUT2D eigenvalue weighted by Gasteiger charge is 2.13. The summed E-state index contributed by atoms with van der Waals surface area (Å²) in [4.78, 5) is 14.3. The Balaban J connectivity index is 1.68. The first kappa shape index (κ1) is 17.4. The lowest BCUT2D eigenvalue weighted by Gasteiger charge is -2.20. The highest BCUT2D eigenvalue weighted by molar-refractivity contribution is 7.99. The van der Waals surface area contributed by atoms with Crippen molar-refractivity contribution in [3.63, 3.8) is 0 Å². The van der Waals surface area contributed by atoms with Crippen LogP contribution in [0, 0.1) is 0 Å². The topological polar surface area (TPSA) is 32.3 Å². The fourth-order valence-electron chi connectivity index (χ4n) is 2.17. The Morgan fingerprint density at radius 3 is 2.35 bits per heavy atom. The average molecular weight is 328 g/mol. The number of nitrogens with zero attached hydrogens (tertiary/aromatic N) is 1. The van der Waals surface area contributed by atoms with Crippen LogP contribution in [0.1, 0.15) is 12.5 Å². The molecule has 0 bridgehead atoms. The van der Waals surface area contributed by atoms with Crippen molar-refractivity contribution >= 4 is 23.4 Å². The summed E-state index contributed by atoms with van der Waals surface area (Å²) in [7, 11) is 2.04. The molecule has 2 aromatic rings. The quantitative estimate of drug-likeness (QED) is 0.804. The summed E-state index contributed by atoms with van der Waals surface area (Å²) in [6.07, 6.45) is 0. The smallest absolute Gasteiger partial charge is 0.232 e. The molecule has 0 spiro atoms. The number of amides is 1. The van der Waals surface area contributed by atoms with Crippen LogP contribution in [-0.4, -0.2) is 31.3 Å². The van der Waals surface area contributed by atoms with E-state index in [0.29, 0.717) is 6.54 Å². The number of benzene rings is 2. The molecule has 2 aromatic carbocycles. The van der Waals surface area contributed by atoms with Crippen LogP contribution in [-0.2, 0) is 10.5 Å². The summed E-state index contributed by atoms with van der Waals surface area (Å²) in [5, 5.41) is 2.97. The summed E-state index contributed by atoms with van der Waals surface area (Å²) >= 11 is 1.67. The number of hydrogen-bond donors (Lipinski definition) is 1. The normalized spacial score (nSPS) is 11.7. The van der Waals surface area contributed by atoms with Gasteiger partial charge in [0.15, 0.2) is 0 Å². The lowest BCUT2D eigenvalue weighted by Crippen LogP contribution is -2.36. The van der Waals surface area contributed by atoms with Crippen LogP contribution in [0.4, 0.5) is 5.69 Å². The molecule has 2 rings (SSSR count). The Morgan fingerprint density at radius 1 is 1.09 bits per heavy atom. The summed E-state index contributed by atoms with van der Waals surface area (Å²) in [5.41, 5.74) is 2.41. The third-order valence-corrected chi connectivity index (χ3v) is 4.87. The van der Waals surface area contributed by atoms with E-state index in [-0.39, 0.29) is 11.2 Å². The first-order valence-electron chi connectivity index (χ1n) is 7.86. The summed E-state index contributed by atoms with van der Waals surface area (Å²) in [5.74, 6) is 0.965. The number of para-hydroxylation sites is 1. The van der Waals surface area contributed by atoms with Crippen molar-refractivity contribution < 1.29 is 4.79 Å². The minimum Gasteiger partial charge on any atom is -0.373 e. The maximum absolute atomic E-state index is 12.1. The van der Waals surface area contributed by atoms with E-state index in [1.807, 2.05) is 50.4 Å². The van der Waals surface area contributed by atoms with Gasteiger partial charge in [-0.05, 0) is 24.6 Å². The molecule has 23 heavy (non-hydrogen) atoms. The first-order valence-corrected chi connectivity index (χ1v) is 8.91. The van der Waals surface area contributed by atoms with Crippen LogP contribution in [0.2, 0.25) is 0 Å². The second-order valence-corrected chi connectivity index (χ2v) is 6.82. The molecule has 0 radical (unpaired) electrons. The number of carbonyl (C=O) groups excluding carboxylic acids is 1. The Morgan fingerprint density at radius 2 is 1.70 bits per heavy atom. The molecule has 0 heterocycles. The van der Waals surface area contributed by atoms with Crippen molar-refractivity contribution in [1.82, 2.24) is 5.32 Å². The molecule has 122 valence electrons. The molecular weight excluding hydrogens is 304 g/mol.